The number of rotatable bonds is 5. The summed E-state index contributed by atoms with van der Waals surface area (Å²) < 4.78 is 11.1. The second-order valence-electron chi connectivity index (χ2n) is 8.27. The first-order chi connectivity index (χ1) is 12.3. The van der Waals surface area contributed by atoms with Gasteiger partial charge in [-0.25, -0.2) is 4.79 Å². The third-order valence-corrected chi connectivity index (χ3v) is 4.92. The number of carbonyl (C=O) groups excluding carboxylic acids is 1. The highest BCUT2D eigenvalue weighted by molar-refractivity contribution is 5.80. The Labute approximate surface area is 158 Å². The summed E-state index contributed by atoms with van der Waals surface area (Å²) in [5, 5.41) is 3.39. The summed E-state index contributed by atoms with van der Waals surface area (Å²) in [6.45, 7) is 16.0. The van der Waals surface area contributed by atoms with Crippen LogP contribution in [0.25, 0.3) is 0 Å². The number of hydrogen-bond acceptors (Lipinski definition) is 4. The number of nitrogens with one attached hydrogen (secondary N) is 1. The van der Waals surface area contributed by atoms with Crippen LogP contribution in [-0.4, -0.2) is 79.9 Å². The van der Waals surface area contributed by atoms with Gasteiger partial charge < -0.3 is 24.6 Å². The zero-order valence-corrected chi connectivity index (χ0v) is 17.1. The number of amides is 1. The Bertz CT molecular complexity index is 496. The number of hydrogen-bond donors (Lipinski definition) is 1. The number of ether oxygens (including phenoxy) is 2. The minimum Gasteiger partial charge on any atom is -0.444 e. The highest BCUT2D eigenvalue weighted by atomic mass is 16.6. The van der Waals surface area contributed by atoms with Gasteiger partial charge in [-0.1, -0.05) is 0 Å². The fraction of sp³-hybridized carbons (Fsp3) is 0.895. The van der Waals surface area contributed by atoms with Gasteiger partial charge in [0.15, 0.2) is 5.96 Å². The van der Waals surface area contributed by atoms with Crippen LogP contribution in [0.15, 0.2) is 4.99 Å². The number of likely N-dealkylation sites (N-methyl/N-ethyl adjacent to an activating group) is 1. The van der Waals surface area contributed by atoms with Gasteiger partial charge >= 0.3 is 6.09 Å². The molecular weight excluding hydrogens is 332 g/mol. The third-order valence-electron chi connectivity index (χ3n) is 4.92. The van der Waals surface area contributed by atoms with Crippen molar-refractivity contribution < 1.29 is 14.3 Å². The number of aliphatic imine (C=N–C) groups is 1. The van der Waals surface area contributed by atoms with E-state index >= 15 is 0 Å². The summed E-state index contributed by atoms with van der Waals surface area (Å²) in [6.07, 6.45) is 2.03. The molecule has 7 heteroatoms. The lowest BCUT2D eigenvalue weighted by Crippen LogP contribution is -2.42. The molecule has 2 saturated heterocycles. The van der Waals surface area contributed by atoms with E-state index < -0.39 is 5.60 Å². The van der Waals surface area contributed by atoms with Gasteiger partial charge in [-0.05, 0) is 47.5 Å². The Hall–Kier alpha value is -1.50. The number of guanidine groups is 1. The van der Waals surface area contributed by atoms with Crippen LogP contribution in [0.4, 0.5) is 4.79 Å². The predicted octanol–water partition coefficient (Wildman–Crippen LogP) is 2.32. The quantitative estimate of drug-likeness (QED) is 0.596. The molecule has 1 amide bonds. The van der Waals surface area contributed by atoms with Gasteiger partial charge in [0.05, 0.1) is 13.2 Å². The molecule has 26 heavy (non-hydrogen) atoms. The van der Waals surface area contributed by atoms with E-state index in [1.165, 1.54) is 0 Å². The van der Waals surface area contributed by atoms with Crippen LogP contribution in [0, 0.1) is 5.41 Å². The normalized spacial score (nSPS) is 23.6. The molecular formula is C19H36N4O3. The minimum absolute atomic E-state index is 0.275. The highest BCUT2D eigenvalue weighted by Gasteiger charge is 2.42. The Morgan fingerprint density at radius 2 is 2.12 bits per heavy atom. The minimum atomic E-state index is -0.476. The van der Waals surface area contributed by atoms with E-state index in [2.05, 4.69) is 17.1 Å². The summed E-state index contributed by atoms with van der Waals surface area (Å²) in [5.41, 5.74) is -0.169. The van der Waals surface area contributed by atoms with Crippen LogP contribution in [0.5, 0.6) is 0 Å². The molecule has 2 fully saturated rings. The predicted molar refractivity (Wildman–Crippen MR) is 104 cm³/mol. The molecule has 2 rings (SSSR count). The zero-order chi connectivity index (χ0) is 19.2. The molecule has 0 aromatic carbocycles. The van der Waals surface area contributed by atoms with Crippen LogP contribution in [-0.2, 0) is 9.47 Å². The van der Waals surface area contributed by atoms with E-state index in [1.54, 1.807) is 4.90 Å². The van der Waals surface area contributed by atoms with Crippen LogP contribution >= 0.6 is 0 Å². The maximum atomic E-state index is 12.2. The van der Waals surface area contributed by atoms with Crippen LogP contribution in [0.3, 0.4) is 0 Å². The molecule has 2 heterocycles. The van der Waals surface area contributed by atoms with Gasteiger partial charge in [-0.15, -0.1) is 0 Å². The van der Waals surface area contributed by atoms with Crippen molar-refractivity contribution >= 4 is 12.1 Å². The zero-order valence-electron chi connectivity index (χ0n) is 17.1. The lowest BCUT2D eigenvalue weighted by atomic mass is 9.87. The average Bonchev–Trinajstić information content (AvgIpc) is 3.19. The lowest BCUT2D eigenvalue weighted by Gasteiger charge is -2.27. The van der Waals surface area contributed by atoms with Crippen molar-refractivity contribution in [1.82, 2.24) is 15.1 Å². The van der Waals surface area contributed by atoms with Crippen LogP contribution in [0.1, 0.15) is 47.5 Å². The van der Waals surface area contributed by atoms with Crippen molar-refractivity contribution in [3.63, 3.8) is 0 Å². The van der Waals surface area contributed by atoms with Gasteiger partial charge in [0.1, 0.15) is 5.60 Å². The molecule has 1 spiro atoms. The van der Waals surface area contributed by atoms with Crippen molar-refractivity contribution in [3.05, 3.63) is 0 Å². The van der Waals surface area contributed by atoms with Crippen molar-refractivity contribution in [2.24, 2.45) is 10.4 Å². The van der Waals surface area contributed by atoms with Gasteiger partial charge in [-0.2, -0.15) is 0 Å². The molecule has 1 unspecified atom stereocenters. The standard InChI is InChI=1S/C19H36N4O3/c1-6-20-16(23-11-8-19(14-23)9-13-25-15-19)21-10-12-22(7-2)17(24)26-18(3,4)5/h6-15H2,1-5H3,(H,20,21). The van der Waals surface area contributed by atoms with Gasteiger partial charge in [0, 0.05) is 44.7 Å². The van der Waals surface area contributed by atoms with Crippen LogP contribution in [0.2, 0.25) is 0 Å². The van der Waals surface area contributed by atoms with E-state index in [0.717, 1.165) is 51.6 Å². The molecule has 0 radical (unpaired) electrons. The van der Waals surface area contributed by atoms with E-state index in [0.29, 0.717) is 25.0 Å². The third kappa shape index (κ3) is 5.76. The van der Waals surface area contributed by atoms with Crippen molar-refractivity contribution in [2.45, 2.75) is 53.1 Å². The van der Waals surface area contributed by atoms with Gasteiger partial charge in [0.25, 0.3) is 0 Å². The largest absolute Gasteiger partial charge is 0.444 e. The van der Waals surface area contributed by atoms with Crippen LogP contribution < -0.4 is 5.32 Å². The molecule has 2 aliphatic rings. The summed E-state index contributed by atoms with van der Waals surface area (Å²) >= 11 is 0. The topological polar surface area (TPSA) is 66.4 Å². The van der Waals surface area contributed by atoms with E-state index in [1.807, 2.05) is 27.7 Å². The highest BCUT2D eigenvalue weighted by Crippen LogP contribution is 2.38. The summed E-state index contributed by atoms with van der Waals surface area (Å²) in [5.74, 6) is 0.941. The second-order valence-corrected chi connectivity index (χ2v) is 8.27. The first-order valence-corrected chi connectivity index (χ1v) is 9.87. The average molecular weight is 369 g/mol. The maximum absolute atomic E-state index is 12.2. The van der Waals surface area contributed by atoms with Crippen molar-refractivity contribution in [1.29, 1.82) is 0 Å². The molecule has 1 N–H and O–H groups in total. The number of likely N-dealkylation sites (tertiary alicyclic amines) is 1. The molecule has 2 aliphatic heterocycles. The van der Waals surface area contributed by atoms with Gasteiger partial charge in [-0.3, -0.25) is 4.99 Å². The van der Waals surface area contributed by atoms with Crippen molar-refractivity contribution in [3.8, 4) is 0 Å². The molecule has 0 aromatic heterocycles. The fourth-order valence-corrected chi connectivity index (χ4v) is 3.49. The first-order valence-electron chi connectivity index (χ1n) is 9.87. The SMILES string of the molecule is CCNC(=NCCN(CC)C(=O)OC(C)(C)C)N1CCC2(CCOC2)C1. The molecule has 0 aliphatic carbocycles. The summed E-state index contributed by atoms with van der Waals surface area (Å²) in [6, 6.07) is 0. The molecule has 7 nitrogen and oxygen atoms in total. The number of nitrogens with zero attached hydrogens (tertiary/aromatic N) is 3. The molecule has 150 valence electrons. The monoisotopic (exact) mass is 368 g/mol. The Kier molecular flexibility index (Phi) is 7.15. The second kappa shape index (κ2) is 8.93. The van der Waals surface area contributed by atoms with E-state index in [4.69, 9.17) is 14.5 Å². The fourth-order valence-electron chi connectivity index (χ4n) is 3.49. The summed E-state index contributed by atoms with van der Waals surface area (Å²) in [4.78, 5) is 21.0. The number of carbonyl (C=O) groups is 1. The maximum Gasteiger partial charge on any atom is 0.410 e. The molecule has 0 bridgehead atoms. The van der Waals surface area contributed by atoms with Gasteiger partial charge in [0.2, 0.25) is 0 Å². The van der Waals surface area contributed by atoms with E-state index in [9.17, 15) is 4.79 Å². The Morgan fingerprint density at radius 3 is 2.69 bits per heavy atom. The molecule has 1 atom stereocenters. The summed E-state index contributed by atoms with van der Waals surface area (Å²) in [7, 11) is 0. The van der Waals surface area contributed by atoms with Crippen molar-refractivity contribution in [2.75, 3.05) is 52.5 Å². The Balaban J connectivity index is 1.91. The molecule has 0 saturated carbocycles. The lowest BCUT2D eigenvalue weighted by molar-refractivity contribution is 0.0266. The first kappa shape index (κ1) is 20.8. The molecule has 0 aromatic rings. The Morgan fingerprint density at radius 1 is 1.35 bits per heavy atom. The van der Waals surface area contributed by atoms with E-state index in [-0.39, 0.29) is 6.09 Å². The smallest absolute Gasteiger partial charge is 0.410 e.